The maximum atomic E-state index is 11.8. The number of amides is 2. The van der Waals surface area contributed by atoms with E-state index >= 15 is 0 Å². The third-order valence-corrected chi connectivity index (χ3v) is 3.04. The molecule has 2 amide bonds. The molecule has 0 aliphatic carbocycles. The Labute approximate surface area is 113 Å². The number of aryl methyl sites for hydroxylation is 1. The lowest BCUT2D eigenvalue weighted by molar-refractivity contribution is 0.0697. The first-order chi connectivity index (χ1) is 8.97. The predicted octanol–water partition coefficient (Wildman–Crippen LogP) is 3.00. The molecular weight excluding hydrogens is 244 g/mol. The number of nitrogens with one attached hydrogen (secondary N) is 2. The Bertz CT molecular complexity index is 468. The van der Waals surface area contributed by atoms with Gasteiger partial charge in [-0.05, 0) is 43.5 Å². The van der Waals surface area contributed by atoms with Crippen LogP contribution < -0.4 is 10.6 Å². The Hall–Kier alpha value is -2.04. The largest absolute Gasteiger partial charge is 0.478 e. The number of carbonyl (C=O) groups is 2. The zero-order valence-corrected chi connectivity index (χ0v) is 11.5. The normalized spacial score (nSPS) is 10.3. The van der Waals surface area contributed by atoms with E-state index in [2.05, 4.69) is 10.6 Å². The summed E-state index contributed by atoms with van der Waals surface area (Å²) in [6.07, 6.45) is 1.75. The Balaban J connectivity index is 2.72. The molecule has 1 aromatic rings. The summed E-state index contributed by atoms with van der Waals surface area (Å²) in [6, 6.07) is 4.50. The lowest BCUT2D eigenvalue weighted by Gasteiger charge is -2.16. The van der Waals surface area contributed by atoms with E-state index in [0.29, 0.717) is 5.69 Å². The third kappa shape index (κ3) is 4.28. The number of hydrogen-bond acceptors (Lipinski definition) is 2. The summed E-state index contributed by atoms with van der Waals surface area (Å²) in [6.45, 7) is 5.79. The fourth-order valence-electron chi connectivity index (χ4n) is 1.77. The minimum atomic E-state index is -0.976. The third-order valence-electron chi connectivity index (χ3n) is 3.04. The molecule has 1 rings (SSSR count). The van der Waals surface area contributed by atoms with E-state index in [9.17, 15) is 9.59 Å². The van der Waals surface area contributed by atoms with Gasteiger partial charge >= 0.3 is 12.0 Å². The summed E-state index contributed by atoms with van der Waals surface area (Å²) >= 11 is 0. The van der Waals surface area contributed by atoms with E-state index < -0.39 is 5.97 Å². The Morgan fingerprint density at radius 3 is 2.37 bits per heavy atom. The van der Waals surface area contributed by atoms with Crippen LogP contribution in [0, 0.1) is 6.92 Å². The van der Waals surface area contributed by atoms with E-state index in [-0.39, 0.29) is 17.6 Å². The zero-order chi connectivity index (χ0) is 14.4. The average molecular weight is 264 g/mol. The number of rotatable bonds is 5. The summed E-state index contributed by atoms with van der Waals surface area (Å²) in [4.78, 5) is 22.6. The maximum Gasteiger partial charge on any atom is 0.335 e. The predicted molar refractivity (Wildman–Crippen MR) is 74.7 cm³/mol. The second kappa shape index (κ2) is 6.78. The van der Waals surface area contributed by atoms with Crippen LogP contribution in [-0.2, 0) is 0 Å². The highest BCUT2D eigenvalue weighted by atomic mass is 16.4. The van der Waals surface area contributed by atoms with Gasteiger partial charge in [0.1, 0.15) is 0 Å². The highest BCUT2D eigenvalue weighted by Crippen LogP contribution is 2.16. The van der Waals surface area contributed by atoms with Gasteiger partial charge in [-0.25, -0.2) is 9.59 Å². The highest BCUT2D eigenvalue weighted by molar-refractivity contribution is 5.92. The van der Waals surface area contributed by atoms with Gasteiger partial charge in [0.05, 0.1) is 5.56 Å². The van der Waals surface area contributed by atoms with Gasteiger partial charge in [-0.15, -0.1) is 0 Å². The van der Waals surface area contributed by atoms with E-state index in [4.69, 9.17) is 5.11 Å². The van der Waals surface area contributed by atoms with Crippen LogP contribution in [0.25, 0.3) is 0 Å². The lowest BCUT2D eigenvalue weighted by atomic mass is 10.1. The molecule has 5 nitrogen and oxygen atoms in total. The van der Waals surface area contributed by atoms with Gasteiger partial charge in [0.2, 0.25) is 0 Å². The van der Waals surface area contributed by atoms with Gasteiger partial charge in [0.15, 0.2) is 0 Å². The molecule has 0 spiro atoms. The number of urea groups is 1. The number of aromatic carboxylic acids is 1. The van der Waals surface area contributed by atoms with E-state index in [1.807, 2.05) is 13.8 Å². The molecular formula is C14H20N2O3. The molecule has 0 radical (unpaired) electrons. The molecule has 0 atom stereocenters. The van der Waals surface area contributed by atoms with Crippen molar-refractivity contribution in [1.82, 2.24) is 5.32 Å². The lowest BCUT2D eigenvalue weighted by Crippen LogP contribution is -2.37. The first-order valence-electron chi connectivity index (χ1n) is 6.39. The summed E-state index contributed by atoms with van der Waals surface area (Å²) in [5.74, 6) is -0.976. The molecule has 0 saturated heterocycles. The van der Waals surface area contributed by atoms with Gasteiger partial charge < -0.3 is 15.7 Å². The van der Waals surface area contributed by atoms with Crippen molar-refractivity contribution >= 4 is 17.7 Å². The van der Waals surface area contributed by atoms with E-state index in [1.54, 1.807) is 13.0 Å². The number of carboxylic acid groups (broad SMARTS) is 1. The Kier molecular flexibility index (Phi) is 5.36. The summed E-state index contributed by atoms with van der Waals surface area (Å²) in [7, 11) is 0. The van der Waals surface area contributed by atoms with Crippen LogP contribution in [0.3, 0.4) is 0 Å². The Morgan fingerprint density at radius 2 is 1.89 bits per heavy atom. The first kappa shape index (κ1) is 15.0. The van der Waals surface area contributed by atoms with Crippen molar-refractivity contribution in [3.05, 3.63) is 29.3 Å². The van der Waals surface area contributed by atoms with E-state index in [1.165, 1.54) is 12.1 Å². The second-order valence-electron chi connectivity index (χ2n) is 4.45. The standard InChI is InChI=1S/C14H20N2O3/c1-4-11(5-2)15-14(19)16-12-7-6-10(13(17)18)8-9(12)3/h6-8,11H,4-5H2,1-3H3,(H,17,18)(H2,15,16,19). The fourth-order valence-corrected chi connectivity index (χ4v) is 1.77. The molecule has 3 N–H and O–H groups in total. The molecule has 0 bridgehead atoms. The van der Waals surface area contributed by atoms with Crippen molar-refractivity contribution in [3.63, 3.8) is 0 Å². The van der Waals surface area contributed by atoms with Crippen molar-refractivity contribution in [2.75, 3.05) is 5.32 Å². The van der Waals surface area contributed by atoms with Crippen LogP contribution in [0.2, 0.25) is 0 Å². The summed E-state index contributed by atoms with van der Waals surface area (Å²) in [5.41, 5.74) is 1.55. The fraction of sp³-hybridized carbons (Fsp3) is 0.429. The first-order valence-corrected chi connectivity index (χ1v) is 6.39. The molecule has 0 saturated carbocycles. The summed E-state index contributed by atoms with van der Waals surface area (Å²) < 4.78 is 0. The van der Waals surface area contributed by atoms with Crippen LogP contribution in [0.5, 0.6) is 0 Å². The SMILES string of the molecule is CCC(CC)NC(=O)Nc1ccc(C(=O)O)cc1C. The van der Waals surface area contributed by atoms with Crippen LogP contribution in [0.15, 0.2) is 18.2 Å². The van der Waals surface area contributed by atoms with Crippen LogP contribution in [-0.4, -0.2) is 23.1 Å². The van der Waals surface area contributed by atoms with Gasteiger partial charge in [-0.2, -0.15) is 0 Å². The average Bonchev–Trinajstić information content (AvgIpc) is 2.38. The maximum absolute atomic E-state index is 11.8. The molecule has 5 heteroatoms. The van der Waals surface area contributed by atoms with Crippen LogP contribution in [0.1, 0.15) is 42.6 Å². The van der Waals surface area contributed by atoms with Crippen LogP contribution in [0.4, 0.5) is 10.5 Å². The Morgan fingerprint density at radius 1 is 1.26 bits per heavy atom. The molecule has 19 heavy (non-hydrogen) atoms. The molecule has 0 aliphatic rings. The molecule has 0 unspecified atom stereocenters. The van der Waals surface area contributed by atoms with Gasteiger partial charge in [-0.1, -0.05) is 13.8 Å². The van der Waals surface area contributed by atoms with Crippen molar-refractivity contribution in [2.45, 2.75) is 39.7 Å². The van der Waals surface area contributed by atoms with Crippen molar-refractivity contribution in [3.8, 4) is 0 Å². The smallest absolute Gasteiger partial charge is 0.335 e. The monoisotopic (exact) mass is 264 g/mol. The molecule has 1 aromatic carbocycles. The minimum Gasteiger partial charge on any atom is -0.478 e. The molecule has 0 heterocycles. The summed E-state index contributed by atoms with van der Waals surface area (Å²) in [5, 5.41) is 14.5. The second-order valence-corrected chi connectivity index (χ2v) is 4.45. The molecule has 0 fully saturated rings. The van der Waals surface area contributed by atoms with Gasteiger partial charge in [-0.3, -0.25) is 0 Å². The highest BCUT2D eigenvalue weighted by Gasteiger charge is 2.10. The number of carbonyl (C=O) groups excluding carboxylic acids is 1. The van der Waals surface area contributed by atoms with E-state index in [0.717, 1.165) is 18.4 Å². The minimum absolute atomic E-state index is 0.151. The van der Waals surface area contributed by atoms with Crippen molar-refractivity contribution in [1.29, 1.82) is 0 Å². The number of benzene rings is 1. The zero-order valence-electron chi connectivity index (χ0n) is 11.5. The van der Waals surface area contributed by atoms with Crippen molar-refractivity contribution in [2.24, 2.45) is 0 Å². The molecule has 0 aromatic heterocycles. The number of anilines is 1. The van der Waals surface area contributed by atoms with Gasteiger partial charge in [0.25, 0.3) is 0 Å². The van der Waals surface area contributed by atoms with Gasteiger partial charge in [0, 0.05) is 11.7 Å². The quantitative estimate of drug-likeness (QED) is 0.765. The topological polar surface area (TPSA) is 78.4 Å². The van der Waals surface area contributed by atoms with Crippen LogP contribution >= 0.6 is 0 Å². The van der Waals surface area contributed by atoms with Crippen molar-refractivity contribution < 1.29 is 14.7 Å². The molecule has 0 aliphatic heterocycles. The number of hydrogen-bond donors (Lipinski definition) is 3. The number of carboxylic acids is 1. The molecule has 104 valence electrons.